The smallest absolute Gasteiger partial charge is 0.340 e. The van der Waals surface area contributed by atoms with Crippen molar-refractivity contribution in [3.8, 4) is 0 Å². The minimum absolute atomic E-state index is 0.250. The molecule has 136 valence electrons. The zero-order valence-corrected chi connectivity index (χ0v) is 14.6. The number of esters is 2. The molecule has 0 radical (unpaired) electrons. The van der Waals surface area contributed by atoms with Crippen LogP contribution < -0.4 is 5.32 Å². The molecular formula is C19H25NO5. The number of carbonyl (C=O) groups excluding carboxylic acids is 3. The largest absolute Gasteiger partial charge is 0.462 e. The Labute approximate surface area is 147 Å². The minimum atomic E-state index is -0.507. The van der Waals surface area contributed by atoms with Gasteiger partial charge in [0.2, 0.25) is 0 Å². The minimum Gasteiger partial charge on any atom is -0.462 e. The van der Waals surface area contributed by atoms with E-state index in [0.29, 0.717) is 18.0 Å². The average molecular weight is 347 g/mol. The SMILES string of the molecule is CCOC(=O)c1ccccc1NC(=O)COC(=O)CCC1CCCC1. The fourth-order valence-electron chi connectivity index (χ4n) is 3.00. The number of carbonyl (C=O) groups is 3. The van der Waals surface area contributed by atoms with Crippen LogP contribution in [-0.2, 0) is 19.1 Å². The highest BCUT2D eigenvalue weighted by molar-refractivity contribution is 6.01. The first-order chi connectivity index (χ1) is 12.1. The molecule has 1 aromatic carbocycles. The van der Waals surface area contributed by atoms with Gasteiger partial charge in [0.15, 0.2) is 6.61 Å². The van der Waals surface area contributed by atoms with Crippen LogP contribution in [0.4, 0.5) is 5.69 Å². The van der Waals surface area contributed by atoms with Crippen molar-refractivity contribution in [1.82, 2.24) is 0 Å². The van der Waals surface area contributed by atoms with E-state index < -0.39 is 11.9 Å². The van der Waals surface area contributed by atoms with Crippen LogP contribution in [0.1, 0.15) is 55.8 Å². The molecule has 1 saturated carbocycles. The van der Waals surface area contributed by atoms with Gasteiger partial charge in [0, 0.05) is 6.42 Å². The molecule has 0 saturated heterocycles. The summed E-state index contributed by atoms with van der Waals surface area (Å²) in [7, 11) is 0. The Kier molecular flexibility index (Phi) is 7.44. The summed E-state index contributed by atoms with van der Waals surface area (Å²) in [6.07, 6.45) is 6.00. The van der Waals surface area contributed by atoms with Crippen LogP contribution in [0.3, 0.4) is 0 Å². The van der Waals surface area contributed by atoms with Gasteiger partial charge in [-0.2, -0.15) is 0 Å². The van der Waals surface area contributed by atoms with E-state index in [2.05, 4.69) is 5.32 Å². The number of amides is 1. The van der Waals surface area contributed by atoms with Crippen LogP contribution in [-0.4, -0.2) is 31.1 Å². The molecule has 2 rings (SSSR count). The highest BCUT2D eigenvalue weighted by Gasteiger charge is 2.18. The summed E-state index contributed by atoms with van der Waals surface area (Å²) in [5.41, 5.74) is 0.609. The van der Waals surface area contributed by atoms with Gasteiger partial charge in [0.1, 0.15) is 0 Å². The molecule has 6 nitrogen and oxygen atoms in total. The molecule has 0 unspecified atom stereocenters. The van der Waals surface area contributed by atoms with Crippen LogP contribution in [0.5, 0.6) is 0 Å². The van der Waals surface area contributed by atoms with Crippen molar-refractivity contribution in [1.29, 1.82) is 0 Å². The molecule has 1 aromatic rings. The molecule has 0 heterocycles. The summed E-state index contributed by atoms with van der Waals surface area (Å²) in [5, 5.41) is 2.59. The van der Waals surface area contributed by atoms with Crippen molar-refractivity contribution in [2.24, 2.45) is 5.92 Å². The Balaban J connectivity index is 1.78. The number of hydrogen-bond acceptors (Lipinski definition) is 5. The Bertz CT molecular complexity index is 608. The van der Waals surface area contributed by atoms with Crippen molar-refractivity contribution in [3.05, 3.63) is 29.8 Å². The summed E-state index contributed by atoms with van der Waals surface area (Å²) in [6.45, 7) is 1.60. The van der Waals surface area contributed by atoms with E-state index in [1.54, 1.807) is 31.2 Å². The molecule has 0 atom stereocenters. The average Bonchev–Trinajstić information content (AvgIpc) is 3.12. The lowest BCUT2D eigenvalue weighted by Crippen LogP contribution is -2.22. The van der Waals surface area contributed by atoms with E-state index >= 15 is 0 Å². The van der Waals surface area contributed by atoms with Crippen molar-refractivity contribution >= 4 is 23.5 Å². The summed E-state index contributed by atoms with van der Waals surface area (Å²) < 4.78 is 9.97. The Morgan fingerprint density at radius 3 is 2.56 bits per heavy atom. The number of nitrogens with one attached hydrogen (secondary N) is 1. The fraction of sp³-hybridized carbons (Fsp3) is 0.526. The highest BCUT2D eigenvalue weighted by Crippen LogP contribution is 2.28. The molecule has 0 bridgehead atoms. The van der Waals surface area contributed by atoms with Crippen LogP contribution in [0.2, 0.25) is 0 Å². The second-order valence-corrected chi connectivity index (χ2v) is 6.16. The third-order valence-corrected chi connectivity index (χ3v) is 4.29. The maximum Gasteiger partial charge on any atom is 0.340 e. The van der Waals surface area contributed by atoms with Crippen molar-refractivity contribution in [3.63, 3.8) is 0 Å². The number of benzene rings is 1. The first-order valence-corrected chi connectivity index (χ1v) is 8.81. The van der Waals surface area contributed by atoms with Gasteiger partial charge in [0.05, 0.1) is 17.9 Å². The van der Waals surface area contributed by atoms with Crippen LogP contribution in [0.15, 0.2) is 24.3 Å². The van der Waals surface area contributed by atoms with Gasteiger partial charge in [0.25, 0.3) is 5.91 Å². The second-order valence-electron chi connectivity index (χ2n) is 6.16. The quantitative estimate of drug-likeness (QED) is 0.730. The van der Waals surface area contributed by atoms with Gasteiger partial charge in [-0.3, -0.25) is 9.59 Å². The first-order valence-electron chi connectivity index (χ1n) is 8.81. The summed E-state index contributed by atoms with van der Waals surface area (Å²) in [6, 6.07) is 6.56. The molecular weight excluding hydrogens is 322 g/mol. The summed E-state index contributed by atoms with van der Waals surface area (Å²) in [5.74, 6) is -0.739. The molecule has 1 aliphatic carbocycles. The fourth-order valence-corrected chi connectivity index (χ4v) is 3.00. The lowest BCUT2D eigenvalue weighted by Gasteiger charge is -2.11. The van der Waals surface area contributed by atoms with E-state index in [0.717, 1.165) is 6.42 Å². The van der Waals surface area contributed by atoms with Crippen LogP contribution in [0.25, 0.3) is 0 Å². The van der Waals surface area contributed by atoms with E-state index in [4.69, 9.17) is 9.47 Å². The molecule has 1 amide bonds. The zero-order valence-electron chi connectivity index (χ0n) is 14.6. The molecule has 1 aliphatic rings. The zero-order chi connectivity index (χ0) is 18.1. The van der Waals surface area contributed by atoms with Gasteiger partial charge < -0.3 is 14.8 Å². The molecule has 6 heteroatoms. The second kappa shape index (κ2) is 9.81. The number of para-hydroxylation sites is 1. The number of ether oxygens (including phenoxy) is 2. The van der Waals surface area contributed by atoms with Gasteiger partial charge in [-0.1, -0.05) is 37.8 Å². The highest BCUT2D eigenvalue weighted by atomic mass is 16.5. The third kappa shape index (κ3) is 6.21. The molecule has 0 spiro atoms. The Morgan fingerprint density at radius 2 is 1.84 bits per heavy atom. The van der Waals surface area contributed by atoms with Gasteiger partial charge >= 0.3 is 11.9 Å². The standard InChI is InChI=1S/C19H25NO5/c1-2-24-19(23)15-9-5-6-10-16(15)20-17(21)13-25-18(22)12-11-14-7-3-4-8-14/h5-6,9-10,14H,2-4,7-8,11-13H2,1H3,(H,20,21). The van der Waals surface area contributed by atoms with Crippen LogP contribution >= 0.6 is 0 Å². The summed E-state index contributed by atoms with van der Waals surface area (Å²) in [4.78, 5) is 35.6. The van der Waals surface area contributed by atoms with Crippen molar-refractivity contribution < 1.29 is 23.9 Å². The lowest BCUT2D eigenvalue weighted by atomic mass is 10.0. The van der Waals surface area contributed by atoms with Crippen molar-refractivity contribution in [2.75, 3.05) is 18.5 Å². The van der Waals surface area contributed by atoms with E-state index in [-0.39, 0.29) is 24.7 Å². The molecule has 1 N–H and O–H groups in total. The van der Waals surface area contributed by atoms with Gasteiger partial charge in [-0.05, 0) is 31.4 Å². The molecule has 0 aromatic heterocycles. The molecule has 1 fully saturated rings. The maximum atomic E-state index is 12.0. The number of anilines is 1. The van der Waals surface area contributed by atoms with Crippen LogP contribution in [0, 0.1) is 5.92 Å². The van der Waals surface area contributed by atoms with E-state index in [1.165, 1.54) is 25.7 Å². The van der Waals surface area contributed by atoms with E-state index in [1.807, 2.05) is 0 Å². The predicted octanol–water partition coefficient (Wildman–Crippen LogP) is 3.32. The number of hydrogen-bond donors (Lipinski definition) is 1. The number of rotatable bonds is 8. The van der Waals surface area contributed by atoms with Gasteiger partial charge in [-0.15, -0.1) is 0 Å². The van der Waals surface area contributed by atoms with E-state index in [9.17, 15) is 14.4 Å². The topological polar surface area (TPSA) is 81.7 Å². The van der Waals surface area contributed by atoms with Gasteiger partial charge in [-0.25, -0.2) is 4.79 Å². The predicted molar refractivity (Wildman–Crippen MR) is 93.2 cm³/mol. The first kappa shape index (κ1) is 19.0. The third-order valence-electron chi connectivity index (χ3n) is 4.29. The maximum absolute atomic E-state index is 12.0. The lowest BCUT2D eigenvalue weighted by molar-refractivity contribution is -0.147. The Morgan fingerprint density at radius 1 is 1.12 bits per heavy atom. The van der Waals surface area contributed by atoms with Crippen molar-refractivity contribution in [2.45, 2.75) is 45.4 Å². The molecule has 0 aliphatic heterocycles. The monoisotopic (exact) mass is 347 g/mol. The summed E-state index contributed by atoms with van der Waals surface area (Å²) >= 11 is 0. The normalized spacial score (nSPS) is 14.1. The molecule has 25 heavy (non-hydrogen) atoms. The Hall–Kier alpha value is -2.37.